The second-order valence-corrected chi connectivity index (χ2v) is 8.08. The van der Waals surface area contributed by atoms with Crippen LogP contribution in [-0.4, -0.2) is 53.5 Å². The molecule has 1 heterocycles. The molecule has 0 spiro atoms. The molecular formula is C25H26FN3O4S. The third-order valence-electron chi connectivity index (χ3n) is 5.19. The van der Waals surface area contributed by atoms with Crippen molar-refractivity contribution in [3.8, 4) is 0 Å². The molecule has 2 aromatic carbocycles. The van der Waals surface area contributed by atoms with Crippen LogP contribution in [0.25, 0.3) is 6.08 Å². The predicted octanol–water partition coefficient (Wildman–Crippen LogP) is 2.61. The number of carbonyl (C=O) groups is 3. The zero-order chi connectivity index (χ0) is 24.3. The Morgan fingerprint density at radius 2 is 1.91 bits per heavy atom. The molecule has 0 radical (unpaired) electrons. The lowest BCUT2D eigenvalue weighted by atomic mass is 10.1. The molecule has 0 aliphatic carbocycles. The number of hydrogen-bond donors (Lipinski definition) is 2. The standard InChI is InChI=1S/C25H26FN3O4S/c26-20-11-8-19(9-12-20)10-13-22(30)28-25(34)29-15-14-27-24(32)21(29)17-23(31)33-16-4-7-18-5-2-1-3-6-18/h1-3,5-6,8-13,21H,4,7,14-17H2,(H,27,32)(H,28,30,34). The highest BCUT2D eigenvalue weighted by Gasteiger charge is 2.34. The van der Waals surface area contributed by atoms with Crippen LogP contribution in [0.1, 0.15) is 24.0 Å². The molecule has 0 bridgehead atoms. The number of nitrogens with zero attached hydrogens (tertiary/aromatic N) is 1. The lowest BCUT2D eigenvalue weighted by Gasteiger charge is -2.36. The first-order valence-electron chi connectivity index (χ1n) is 10.9. The summed E-state index contributed by atoms with van der Waals surface area (Å²) in [6.07, 6.45) is 4.06. The maximum atomic E-state index is 13.0. The molecule has 178 valence electrons. The molecule has 2 amide bonds. The molecule has 1 aliphatic rings. The van der Waals surface area contributed by atoms with Crippen LogP contribution in [0.2, 0.25) is 0 Å². The van der Waals surface area contributed by atoms with Crippen molar-refractivity contribution >= 4 is 41.2 Å². The van der Waals surface area contributed by atoms with Gasteiger partial charge in [0.25, 0.3) is 0 Å². The maximum Gasteiger partial charge on any atom is 0.308 e. The van der Waals surface area contributed by atoms with Crippen LogP contribution < -0.4 is 10.6 Å². The highest BCUT2D eigenvalue weighted by molar-refractivity contribution is 7.80. The van der Waals surface area contributed by atoms with E-state index in [4.69, 9.17) is 17.0 Å². The van der Waals surface area contributed by atoms with Gasteiger partial charge in [-0.15, -0.1) is 0 Å². The largest absolute Gasteiger partial charge is 0.466 e. The van der Waals surface area contributed by atoms with Crippen LogP contribution >= 0.6 is 12.2 Å². The quantitative estimate of drug-likeness (QED) is 0.260. The summed E-state index contributed by atoms with van der Waals surface area (Å²) < 4.78 is 18.3. The molecule has 1 unspecified atom stereocenters. The summed E-state index contributed by atoms with van der Waals surface area (Å²) in [4.78, 5) is 38.5. The number of thiocarbonyl (C=S) groups is 1. The molecule has 1 atom stereocenters. The van der Waals surface area contributed by atoms with E-state index in [1.165, 1.54) is 41.3 Å². The van der Waals surface area contributed by atoms with E-state index >= 15 is 0 Å². The van der Waals surface area contributed by atoms with Gasteiger partial charge in [0.1, 0.15) is 11.9 Å². The summed E-state index contributed by atoms with van der Waals surface area (Å²) in [5, 5.41) is 5.31. The van der Waals surface area contributed by atoms with Crippen LogP contribution in [0.15, 0.2) is 60.7 Å². The minimum absolute atomic E-state index is 0.0467. The molecular weight excluding hydrogens is 457 g/mol. The Kier molecular flexibility index (Phi) is 9.28. The molecule has 7 nitrogen and oxygen atoms in total. The number of esters is 1. The highest BCUT2D eigenvalue weighted by Crippen LogP contribution is 2.12. The Morgan fingerprint density at radius 3 is 2.65 bits per heavy atom. The van der Waals surface area contributed by atoms with Gasteiger partial charge in [0, 0.05) is 19.2 Å². The molecule has 2 N–H and O–H groups in total. The molecule has 34 heavy (non-hydrogen) atoms. The smallest absolute Gasteiger partial charge is 0.308 e. The van der Waals surface area contributed by atoms with Gasteiger partial charge in [-0.25, -0.2) is 4.39 Å². The molecule has 0 saturated carbocycles. The Morgan fingerprint density at radius 1 is 1.18 bits per heavy atom. The van der Waals surface area contributed by atoms with E-state index in [2.05, 4.69) is 10.6 Å². The average Bonchev–Trinajstić information content (AvgIpc) is 2.83. The molecule has 1 aliphatic heterocycles. The molecule has 2 aromatic rings. The van der Waals surface area contributed by atoms with Gasteiger partial charge in [-0.2, -0.15) is 0 Å². The fourth-order valence-corrected chi connectivity index (χ4v) is 3.77. The number of piperazine rings is 1. The van der Waals surface area contributed by atoms with Crippen molar-refractivity contribution in [2.24, 2.45) is 0 Å². The third kappa shape index (κ3) is 7.77. The number of benzene rings is 2. The van der Waals surface area contributed by atoms with Crippen molar-refractivity contribution in [3.05, 3.63) is 77.6 Å². The minimum atomic E-state index is -0.871. The van der Waals surface area contributed by atoms with Gasteiger partial charge >= 0.3 is 5.97 Å². The zero-order valence-electron chi connectivity index (χ0n) is 18.5. The number of carbonyl (C=O) groups excluding carboxylic acids is 3. The minimum Gasteiger partial charge on any atom is -0.466 e. The van der Waals surface area contributed by atoms with Crippen molar-refractivity contribution in [3.63, 3.8) is 0 Å². The average molecular weight is 484 g/mol. The highest BCUT2D eigenvalue weighted by atomic mass is 32.1. The van der Waals surface area contributed by atoms with E-state index in [0.717, 1.165) is 12.0 Å². The Labute approximate surface area is 203 Å². The predicted molar refractivity (Wildman–Crippen MR) is 130 cm³/mol. The second kappa shape index (κ2) is 12.6. The first-order valence-corrected chi connectivity index (χ1v) is 11.4. The lowest BCUT2D eigenvalue weighted by Crippen LogP contribution is -2.60. The van der Waals surface area contributed by atoms with Gasteiger partial charge in [-0.3, -0.25) is 19.7 Å². The lowest BCUT2D eigenvalue weighted by molar-refractivity contribution is -0.147. The number of aryl methyl sites for hydroxylation is 1. The normalized spacial score (nSPS) is 15.6. The molecule has 0 aromatic heterocycles. The number of hydrogen-bond acceptors (Lipinski definition) is 5. The fraction of sp³-hybridized carbons (Fsp3) is 0.280. The number of nitrogens with one attached hydrogen (secondary N) is 2. The SMILES string of the molecule is O=C(C=Cc1ccc(F)cc1)NC(=S)N1CCNC(=O)C1CC(=O)OCCCc1ccccc1. The van der Waals surface area contributed by atoms with E-state index < -0.39 is 17.9 Å². The number of rotatable bonds is 8. The summed E-state index contributed by atoms with van der Waals surface area (Å²) in [7, 11) is 0. The zero-order valence-corrected chi connectivity index (χ0v) is 19.4. The van der Waals surface area contributed by atoms with E-state index in [9.17, 15) is 18.8 Å². The summed E-state index contributed by atoms with van der Waals surface area (Å²) in [5.41, 5.74) is 1.80. The number of amides is 2. The monoisotopic (exact) mass is 483 g/mol. The van der Waals surface area contributed by atoms with Gasteiger partial charge in [0.05, 0.1) is 13.0 Å². The first-order chi connectivity index (χ1) is 16.4. The van der Waals surface area contributed by atoms with Gasteiger partial charge in [-0.1, -0.05) is 42.5 Å². The van der Waals surface area contributed by atoms with Crippen LogP contribution in [0, 0.1) is 5.82 Å². The summed E-state index contributed by atoms with van der Waals surface area (Å²) in [6, 6.07) is 14.7. The number of ether oxygens (including phenoxy) is 1. The Hall–Kier alpha value is -3.59. The topological polar surface area (TPSA) is 87.7 Å². The van der Waals surface area contributed by atoms with Crippen molar-refractivity contribution in [2.45, 2.75) is 25.3 Å². The van der Waals surface area contributed by atoms with Gasteiger partial charge in [0.2, 0.25) is 11.8 Å². The van der Waals surface area contributed by atoms with Crippen LogP contribution in [-0.2, 0) is 25.5 Å². The van der Waals surface area contributed by atoms with Crippen molar-refractivity contribution in [1.29, 1.82) is 0 Å². The third-order valence-corrected chi connectivity index (χ3v) is 5.53. The first kappa shape index (κ1) is 25.0. The van der Waals surface area contributed by atoms with Crippen LogP contribution in [0.4, 0.5) is 4.39 Å². The second-order valence-electron chi connectivity index (χ2n) is 7.69. The van der Waals surface area contributed by atoms with E-state index in [-0.39, 0.29) is 29.9 Å². The molecule has 9 heteroatoms. The van der Waals surface area contributed by atoms with Gasteiger partial charge in [0.15, 0.2) is 5.11 Å². The summed E-state index contributed by atoms with van der Waals surface area (Å²) in [6.45, 7) is 0.929. The van der Waals surface area contributed by atoms with E-state index in [0.29, 0.717) is 25.1 Å². The van der Waals surface area contributed by atoms with Crippen molar-refractivity contribution in [2.75, 3.05) is 19.7 Å². The van der Waals surface area contributed by atoms with Crippen molar-refractivity contribution in [1.82, 2.24) is 15.5 Å². The van der Waals surface area contributed by atoms with Crippen LogP contribution in [0.3, 0.4) is 0 Å². The van der Waals surface area contributed by atoms with Crippen molar-refractivity contribution < 1.29 is 23.5 Å². The molecule has 3 rings (SSSR count). The van der Waals surface area contributed by atoms with E-state index in [1.807, 2.05) is 30.3 Å². The molecule has 1 saturated heterocycles. The fourth-order valence-electron chi connectivity index (χ4n) is 3.45. The summed E-state index contributed by atoms with van der Waals surface area (Å²) >= 11 is 5.32. The molecule has 1 fully saturated rings. The maximum absolute atomic E-state index is 13.0. The summed E-state index contributed by atoms with van der Waals surface area (Å²) in [5.74, 6) is -1.73. The van der Waals surface area contributed by atoms with E-state index in [1.54, 1.807) is 0 Å². The van der Waals surface area contributed by atoms with Crippen LogP contribution in [0.5, 0.6) is 0 Å². The van der Waals surface area contributed by atoms with Gasteiger partial charge < -0.3 is 15.0 Å². The Bertz CT molecular complexity index is 1040. The van der Waals surface area contributed by atoms with Gasteiger partial charge in [-0.05, 0) is 54.4 Å². The number of halogens is 1. The Balaban J connectivity index is 1.49.